The number of hydrogen-bond donors (Lipinski definition) is 1. The van der Waals surface area contributed by atoms with Crippen molar-refractivity contribution in [3.05, 3.63) is 59.5 Å². The molecule has 9 heteroatoms. The first kappa shape index (κ1) is 21.0. The zero-order valence-electron chi connectivity index (χ0n) is 16.7. The van der Waals surface area contributed by atoms with E-state index in [1.807, 2.05) is 48.6 Å². The van der Waals surface area contributed by atoms with Gasteiger partial charge in [0.25, 0.3) is 0 Å². The highest BCUT2D eigenvalue weighted by molar-refractivity contribution is 7.89. The summed E-state index contributed by atoms with van der Waals surface area (Å²) < 4.78 is 25.5. The van der Waals surface area contributed by atoms with E-state index in [1.165, 1.54) is 29.7 Å². The number of nitrogens with zero attached hydrogens (tertiary/aromatic N) is 4. The summed E-state index contributed by atoms with van der Waals surface area (Å²) in [6.45, 7) is 0. The fraction of sp³-hybridized carbons (Fsp3) is 0.200. The van der Waals surface area contributed by atoms with Crippen LogP contribution in [0.15, 0.2) is 63.9 Å². The predicted octanol–water partition coefficient (Wildman–Crippen LogP) is 3.57. The van der Waals surface area contributed by atoms with E-state index in [0.717, 1.165) is 22.5 Å². The molecule has 1 aromatic heterocycles. The van der Waals surface area contributed by atoms with Crippen LogP contribution in [0.2, 0.25) is 0 Å². The summed E-state index contributed by atoms with van der Waals surface area (Å²) in [5.41, 5.74) is 6.65. The number of anilines is 2. The highest BCUT2D eigenvalue weighted by atomic mass is 32.2. The Kier molecular flexibility index (Phi) is 6.31. The van der Waals surface area contributed by atoms with Crippen molar-refractivity contribution in [3.8, 4) is 11.3 Å². The highest BCUT2D eigenvalue weighted by Gasteiger charge is 2.17. The molecule has 0 aliphatic rings. The van der Waals surface area contributed by atoms with Crippen molar-refractivity contribution < 1.29 is 8.42 Å². The number of thiazole rings is 1. The third kappa shape index (κ3) is 5.00. The van der Waals surface area contributed by atoms with E-state index in [4.69, 9.17) is 0 Å². The number of hydrogen-bond acceptors (Lipinski definition) is 7. The molecule has 0 radical (unpaired) electrons. The monoisotopic (exact) mass is 429 g/mol. The SMILES string of the molecule is CN(C)c1ccc(/C=N\Nc2nc(-c3ccc(S(=O)(=O)N(C)C)cc3)cs2)cc1. The van der Waals surface area contributed by atoms with Crippen molar-refractivity contribution in [2.75, 3.05) is 38.5 Å². The zero-order chi connectivity index (χ0) is 21.0. The molecule has 0 aliphatic heterocycles. The lowest BCUT2D eigenvalue weighted by molar-refractivity contribution is 0.521. The molecular formula is C20H23N5O2S2. The van der Waals surface area contributed by atoms with Gasteiger partial charge in [-0.2, -0.15) is 5.10 Å². The van der Waals surface area contributed by atoms with Crippen LogP contribution in [0, 0.1) is 0 Å². The maximum absolute atomic E-state index is 12.2. The fourth-order valence-electron chi connectivity index (χ4n) is 2.49. The zero-order valence-corrected chi connectivity index (χ0v) is 18.3. The van der Waals surface area contributed by atoms with Crippen molar-refractivity contribution in [2.24, 2.45) is 5.10 Å². The van der Waals surface area contributed by atoms with E-state index < -0.39 is 10.0 Å². The Balaban J connectivity index is 1.66. The van der Waals surface area contributed by atoms with Crippen LogP contribution in [-0.2, 0) is 10.0 Å². The Morgan fingerprint density at radius 2 is 1.66 bits per heavy atom. The van der Waals surface area contributed by atoms with E-state index in [9.17, 15) is 8.42 Å². The Labute approximate surface area is 175 Å². The molecule has 0 unspecified atom stereocenters. The van der Waals surface area contributed by atoms with Gasteiger partial charge in [-0.15, -0.1) is 11.3 Å². The second-order valence-electron chi connectivity index (χ2n) is 6.71. The summed E-state index contributed by atoms with van der Waals surface area (Å²) in [5, 5.41) is 6.79. The van der Waals surface area contributed by atoms with E-state index in [0.29, 0.717) is 5.13 Å². The Bertz CT molecular complexity index is 1090. The lowest BCUT2D eigenvalue weighted by Crippen LogP contribution is -2.22. The number of sulfonamides is 1. The van der Waals surface area contributed by atoms with E-state index in [-0.39, 0.29) is 4.90 Å². The summed E-state index contributed by atoms with van der Waals surface area (Å²) in [5.74, 6) is 0. The van der Waals surface area contributed by atoms with Crippen molar-refractivity contribution in [3.63, 3.8) is 0 Å². The van der Waals surface area contributed by atoms with Gasteiger partial charge < -0.3 is 4.90 Å². The molecular weight excluding hydrogens is 406 g/mol. The average molecular weight is 430 g/mol. The van der Waals surface area contributed by atoms with Crippen molar-refractivity contribution >= 4 is 38.4 Å². The molecule has 0 spiro atoms. The summed E-state index contributed by atoms with van der Waals surface area (Å²) in [4.78, 5) is 6.80. The molecule has 0 saturated heterocycles. The van der Waals surface area contributed by atoms with Crippen LogP contribution in [0.1, 0.15) is 5.56 Å². The molecule has 0 bridgehead atoms. The molecule has 152 valence electrons. The van der Waals surface area contributed by atoms with Crippen molar-refractivity contribution in [1.82, 2.24) is 9.29 Å². The highest BCUT2D eigenvalue weighted by Crippen LogP contribution is 2.26. The topological polar surface area (TPSA) is 77.9 Å². The van der Waals surface area contributed by atoms with Gasteiger partial charge in [0.05, 0.1) is 16.8 Å². The third-order valence-electron chi connectivity index (χ3n) is 4.22. The molecule has 1 heterocycles. The number of hydrazone groups is 1. The van der Waals surface area contributed by atoms with Gasteiger partial charge in [0.2, 0.25) is 15.2 Å². The molecule has 0 aliphatic carbocycles. The van der Waals surface area contributed by atoms with E-state index >= 15 is 0 Å². The van der Waals surface area contributed by atoms with Gasteiger partial charge in [0.15, 0.2) is 0 Å². The van der Waals surface area contributed by atoms with E-state index in [1.54, 1.807) is 30.5 Å². The summed E-state index contributed by atoms with van der Waals surface area (Å²) >= 11 is 1.43. The van der Waals surface area contributed by atoms with Gasteiger partial charge in [0, 0.05) is 44.8 Å². The van der Waals surface area contributed by atoms with Gasteiger partial charge in [-0.05, 0) is 29.8 Å². The molecule has 2 aromatic carbocycles. The lowest BCUT2D eigenvalue weighted by Gasteiger charge is -2.11. The number of nitrogens with one attached hydrogen (secondary N) is 1. The normalized spacial score (nSPS) is 11.9. The Morgan fingerprint density at radius 1 is 1.00 bits per heavy atom. The van der Waals surface area contributed by atoms with Crippen molar-refractivity contribution in [1.29, 1.82) is 0 Å². The standard InChI is InChI=1S/C20H23N5O2S2/c1-24(2)17-9-5-15(6-10-17)13-21-23-20-22-19(14-28-20)16-7-11-18(12-8-16)29(26,27)25(3)4/h5-14H,1-4H3,(H,22,23)/b21-13-. The van der Waals surface area contributed by atoms with Gasteiger partial charge >= 0.3 is 0 Å². The van der Waals surface area contributed by atoms with Gasteiger partial charge in [-0.3, -0.25) is 5.43 Å². The smallest absolute Gasteiger partial charge is 0.242 e. The van der Waals surface area contributed by atoms with Crippen LogP contribution in [0.25, 0.3) is 11.3 Å². The number of rotatable bonds is 7. The number of aromatic nitrogens is 1. The van der Waals surface area contributed by atoms with Gasteiger partial charge in [0.1, 0.15) is 0 Å². The van der Waals surface area contributed by atoms with Crippen LogP contribution in [-0.4, -0.2) is 52.1 Å². The van der Waals surface area contributed by atoms with Gasteiger partial charge in [-0.1, -0.05) is 24.3 Å². The van der Waals surface area contributed by atoms with Crippen LogP contribution in [0.4, 0.5) is 10.8 Å². The minimum atomic E-state index is -3.44. The molecule has 3 rings (SSSR count). The minimum absolute atomic E-state index is 0.254. The first-order valence-corrected chi connectivity index (χ1v) is 11.1. The minimum Gasteiger partial charge on any atom is -0.378 e. The second kappa shape index (κ2) is 8.73. The quantitative estimate of drug-likeness (QED) is 0.459. The molecule has 0 fully saturated rings. The third-order valence-corrected chi connectivity index (χ3v) is 6.79. The maximum Gasteiger partial charge on any atom is 0.242 e. The Morgan fingerprint density at radius 3 is 2.24 bits per heavy atom. The molecule has 0 amide bonds. The van der Waals surface area contributed by atoms with Gasteiger partial charge in [-0.25, -0.2) is 17.7 Å². The average Bonchev–Trinajstić information content (AvgIpc) is 3.17. The van der Waals surface area contributed by atoms with Crippen LogP contribution in [0.5, 0.6) is 0 Å². The van der Waals surface area contributed by atoms with Crippen LogP contribution in [0.3, 0.4) is 0 Å². The molecule has 1 N–H and O–H groups in total. The summed E-state index contributed by atoms with van der Waals surface area (Å²) in [7, 11) is 3.59. The molecule has 7 nitrogen and oxygen atoms in total. The molecule has 0 atom stereocenters. The molecule has 29 heavy (non-hydrogen) atoms. The first-order chi connectivity index (χ1) is 13.8. The predicted molar refractivity (Wildman–Crippen MR) is 120 cm³/mol. The van der Waals surface area contributed by atoms with Crippen LogP contribution < -0.4 is 10.3 Å². The summed E-state index contributed by atoms with van der Waals surface area (Å²) in [6.07, 6.45) is 1.74. The molecule has 0 saturated carbocycles. The fourth-order valence-corrected chi connectivity index (χ4v) is 4.06. The second-order valence-corrected chi connectivity index (χ2v) is 9.72. The van der Waals surface area contributed by atoms with Crippen LogP contribution >= 0.6 is 11.3 Å². The number of benzene rings is 2. The van der Waals surface area contributed by atoms with Crippen molar-refractivity contribution in [2.45, 2.75) is 4.90 Å². The molecule has 3 aromatic rings. The lowest BCUT2D eigenvalue weighted by atomic mass is 10.2. The summed E-state index contributed by atoms with van der Waals surface area (Å²) in [6, 6.07) is 14.7. The maximum atomic E-state index is 12.2. The van der Waals surface area contributed by atoms with E-state index in [2.05, 4.69) is 15.5 Å². The largest absolute Gasteiger partial charge is 0.378 e. The Hall–Kier alpha value is -2.75. The first-order valence-electron chi connectivity index (χ1n) is 8.82.